The summed E-state index contributed by atoms with van der Waals surface area (Å²) in [6.45, 7) is 0. The van der Waals surface area contributed by atoms with Crippen LogP contribution in [0.1, 0.15) is 16.4 Å². The highest BCUT2D eigenvalue weighted by molar-refractivity contribution is 7.11. The summed E-state index contributed by atoms with van der Waals surface area (Å²) in [5, 5.41) is 27.7. The second-order valence-corrected chi connectivity index (χ2v) is 8.04. The monoisotopic (exact) mass is 458 g/mol. The predicted octanol–water partition coefficient (Wildman–Crippen LogP) is 5.32. The zero-order valence-electron chi connectivity index (χ0n) is 15.3. The fourth-order valence-corrected chi connectivity index (χ4v) is 4.46. The van der Waals surface area contributed by atoms with Gasteiger partial charge in [-0.15, -0.1) is 11.3 Å². The van der Waals surface area contributed by atoms with Crippen LogP contribution in [0.3, 0.4) is 0 Å². The standard InChI is InChI=1S/C20H12Cl2N4O3S/c1-24-20-17(26(27)28)16(13(9-23)18(29-20)15-3-2-6-30-15)12-7-10-4-5-11(21)8-14(10)25-19(12)22/h2-8,16,24H,1H3. The zero-order valence-corrected chi connectivity index (χ0v) is 17.7. The van der Waals surface area contributed by atoms with Gasteiger partial charge < -0.3 is 10.1 Å². The number of aromatic nitrogens is 1. The molecule has 2 aromatic heterocycles. The maximum Gasteiger partial charge on any atom is 0.318 e. The number of ether oxygens (including phenoxy) is 1. The van der Waals surface area contributed by atoms with Crippen LogP contribution in [-0.4, -0.2) is 17.0 Å². The van der Waals surface area contributed by atoms with Crippen molar-refractivity contribution in [3.8, 4) is 6.07 Å². The van der Waals surface area contributed by atoms with Gasteiger partial charge in [0.25, 0.3) is 5.88 Å². The second kappa shape index (κ2) is 7.95. The number of hydrogen-bond donors (Lipinski definition) is 1. The number of benzene rings is 1. The summed E-state index contributed by atoms with van der Waals surface area (Å²) in [7, 11) is 1.52. The Bertz CT molecular complexity index is 1280. The third-order valence-corrected chi connectivity index (χ3v) is 6.01. The fraction of sp³-hybridized carbons (Fsp3) is 0.100. The Morgan fingerprint density at radius 1 is 1.33 bits per heavy atom. The Morgan fingerprint density at radius 3 is 2.77 bits per heavy atom. The number of allylic oxidation sites excluding steroid dienone is 1. The number of nitriles is 1. The number of rotatable bonds is 4. The maximum absolute atomic E-state index is 12.0. The first-order valence-electron chi connectivity index (χ1n) is 8.62. The van der Waals surface area contributed by atoms with Gasteiger partial charge in [-0.3, -0.25) is 10.1 Å². The van der Waals surface area contributed by atoms with E-state index in [1.807, 2.05) is 5.38 Å². The lowest BCUT2D eigenvalue weighted by Gasteiger charge is -2.25. The molecule has 1 unspecified atom stereocenters. The molecule has 4 rings (SSSR count). The first-order valence-corrected chi connectivity index (χ1v) is 10.3. The lowest BCUT2D eigenvalue weighted by Crippen LogP contribution is -2.26. The third-order valence-electron chi connectivity index (χ3n) is 4.60. The van der Waals surface area contributed by atoms with E-state index >= 15 is 0 Å². The normalized spacial score (nSPS) is 16.4. The van der Waals surface area contributed by atoms with E-state index in [2.05, 4.69) is 16.4 Å². The number of fused-ring (bicyclic) bond motifs is 1. The van der Waals surface area contributed by atoms with Crippen LogP contribution in [0.15, 0.2) is 58.9 Å². The van der Waals surface area contributed by atoms with Crippen LogP contribution in [0.25, 0.3) is 16.7 Å². The van der Waals surface area contributed by atoms with Crippen LogP contribution < -0.4 is 5.32 Å². The smallest absolute Gasteiger partial charge is 0.318 e. The molecule has 0 spiro atoms. The van der Waals surface area contributed by atoms with Crippen molar-refractivity contribution in [3.63, 3.8) is 0 Å². The maximum atomic E-state index is 12.0. The number of nitro groups is 1. The van der Waals surface area contributed by atoms with E-state index in [-0.39, 0.29) is 28.1 Å². The van der Waals surface area contributed by atoms with Crippen molar-refractivity contribution in [1.29, 1.82) is 5.26 Å². The van der Waals surface area contributed by atoms with Crippen LogP contribution in [-0.2, 0) is 4.74 Å². The highest BCUT2D eigenvalue weighted by Gasteiger charge is 2.43. The Morgan fingerprint density at radius 2 is 2.13 bits per heavy atom. The van der Waals surface area contributed by atoms with Gasteiger partial charge in [-0.1, -0.05) is 35.3 Å². The highest BCUT2D eigenvalue weighted by Crippen LogP contribution is 2.45. The number of nitrogens with zero attached hydrogens (tertiary/aromatic N) is 3. The molecule has 0 radical (unpaired) electrons. The summed E-state index contributed by atoms with van der Waals surface area (Å²) < 4.78 is 5.77. The molecule has 0 saturated heterocycles. The first kappa shape index (κ1) is 20.2. The molecule has 3 aromatic rings. The van der Waals surface area contributed by atoms with E-state index in [1.54, 1.807) is 36.4 Å². The average molecular weight is 459 g/mol. The van der Waals surface area contributed by atoms with E-state index in [1.165, 1.54) is 18.4 Å². The predicted molar refractivity (Wildman–Crippen MR) is 116 cm³/mol. The third kappa shape index (κ3) is 3.37. The lowest BCUT2D eigenvalue weighted by molar-refractivity contribution is -0.433. The number of nitrogens with one attached hydrogen (secondary N) is 1. The van der Waals surface area contributed by atoms with Crippen LogP contribution in [0.2, 0.25) is 10.2 Å². The molecule has 1 aromatic carbocycles. The molecule has 0 saturated carbocycles. The highest BCUT2D eigenvalue weighted by atomic mass is 35.5. The van der Waals surface area contributed by atoms with E-state index in [0.29, 0.717) is 26.4 Å². The van der Waals surface area contributed by atoms with E-state index in [4.69, 9.17) is 27.9 Å². The molecule has 0 bridgehead atoms. The molecule has 1 aliphatic heterocycles. The first-order chi connectivity index (χ1) is 14.4. The van der Waals surface area contributed by atoms with Crippen molar-refractivity contribution in [1.82, 2.24) is 10.3 Å². The molecule has 3 heterocycles. The molecular weight excluding hydrogens is 447 g/mol. The molecule has 0 aliphatic carbocycles. The molecule has 1 atom stereocenters. The van der Waals surface area contributed by atoms with Crippen molar-refractivity contribution in [2.75, 3.05) is 7.05 Å². The molecule has 0 amide bonds. The van der Waals surface area contributed by atoms with E-state index in [0.717, 1.165) is 0 Å². The van der Waals surface area contributed by atoms with Gasteiger partial charge in [-0.2, -0.15) is 5.26 Å². The van der Waals surface area contributed by atoms with Crippen LogP contribution in [0, 0.1) is 21.4 Å². The van der Waals surface area contributed by atoms with Crippen LogP contribution >= 0.6 is 34.5 Å². The number of halogens is 2. The molecule has 0 fully saturated rings. The van der Waals surface area contributed by atoms with Gasteiger partial charge in [0.15, 0.2) is 5.76 Å². The van der Waals surface area contributed by atoms with Gasteiger partial charge in [0.05, 0.1) is 27.0 Å². The van der Waals surface area contributed by atoms with Crippen molar-refractivity contribution in [2.45, 2.75) is 5.92 Å². The Balaban J connectivity index is 2.03. The molecule has 30 heavy (non-hydrogen) atoms. The molecule has 1 aliphatic rings. The van der Waals surface area contributed by atoms with Crippen LogP contribution in [0.5, 0.6) is 0 Å². The quantitative estimate of drug-likeness (QED) is 0.322. The molecular formula is C20H12Cl2N4O3S. The SMILES string of the molecule is CNC1=C([N+](=O)[O-])C(c2cc3ccc(Cl)cc3nc2Cl)C(C#N)=C(c2cccs2)O1. The minimum atomic E-state index is -1.07. The largest absolute Gasteiger partial charge is 0.433 e. The van der Waals surface area contributed by atoms with Crippen LogP contribution in [0.4, 0.5) is 0 Å². The summed E-state index contributed by atoms with van der Waals surface area (Å²) in [6.07, 6.45) is 0. The van der Waals surface area contributed by atoms with Crippen molar-refractivity contribution >= 4 is 51.2 Å². The Labute approximate surface area is 185 Å². The molecule has 10 heteroatoms. The topological polar surface area (TPSA) is 101 Å². The Kier molecular flexibility index (Phi) is 5.35. The van der Waals surface area contributed by atoms with Gasteiger partial charge >= 0.3 is 5.70 Å². The van der Waals surface area contributed by atoms with Gasteiger partial charge in [-0.05, 0) is 29.6 Å². The molecule has 150 valence electrons. The summed E-state index contributed by atoms with van der Waals surface area (Å²) in [5.74, 6) is -0.877. The molecule has 1 N–H and O–H groups in total. The van der Waals surface area contributed by atoms with E-state index < -0.39 is 10.8 Å². The minimum Gasteiger partial charge on any atom is -0.433 e. The van der Waals surface area contributed by atoms with E-state index in [9.17, 15) is 15.4 Å². The van der Waals surface area contributed by atoms with Gasteiger partial charge in [-0.25, -0.2) is 4.98 Å². The summed E-state index contributed by atoms with van der Waals surface area (Å²) >= 11 is 13.8. The second-order valence-electron chi connectivity index (χ2n) is 6.29. The Hall–Kier alpha value is -3.12. The van der Waals surface area contributed by atoms with Crippen molar-refractivity contribution in [2.24, 2.45) is 0 Å². The van der Waals surface area contributed by atoms with Crippen molar-refractivity contribution in [3.05, 3.63) is 89.7 Å². The van der Waals surface area contributed by atoms with Gasteiger partial charge in [0, 0.05) is 23.0 Å². The average Bonchev–Trinajstić information content (AvgIpc) is 3.26. The number of thiophene rings is 1. The summed E-state index contributed by atoms with van der Waals surface area (Å²) in [4.78, 5) is 16.5. The van der Waals surface area contributed by atoms with Crippen molar-refractivity contribution < 1.29 is 9.66 Å². The minimum absolute atomic E-state index is 0.0461. The summed E-state index contributed by atoms with van der Waals surface area (Å²) in [5.41, 5.74) is 0.649. The summed E-state index contributed by atoms with van der Waals surface area (Å²) in [6, 6.07) is 12.5. The number of hydrogen-bond acceptors (Lipinski definition) is 7. The fourth-order valence-electron chi connectivity index (χ4n) is 3.32. The zero-order chi connectivity index (χ0) is 21.4. The van der Waals surface area contributed by atoms with Gasteiger partial charge in [0.1, 0.15) is 11.1 Å². The van der Waals surface area contributed by atoms with Gasteiger partial charge in [0.2, 0.25) is 0 Å². The lowest BCUT2D eigenvalue weighted by atomic mass is 9.86. The number of pyridine rings is 1. The molecule has 7 nitrogen and oxygen atoms in total.